The minimum Gasteiger partial charge on any atom is -0.393 e. The highest BCUT2D eigenvalue weighted by Gasteiger charge is 2.23. The van der Waals surface area contributed by atoms with E-state index < -0.39 is 0 Å². The predicted octanol–water partition coefficient (Wildman–Crippen LogP) is 3.10. The Morgan fingerprint density at radius 1 is 0.647 bits per heavy atom. The molecule has 1 heterocycles. The standard InChI is InChI=1S/C15H29NO/c17-15-7-3-1-5-13(6-2-4-8-15)14-9-11-16-12-10-14/h13-17H,1-12H2. The molecule has 2 nitrogen and oxygen atoms in total. The Hall–Kier alpha value is -0.0800. The molecule has 2 heteroatoms. The van der Waals surface area contributed by atoms with Crippen molar-refractivity contribution in [2.24, 2.45) is 11.8 Å². The van der Waals surface area contributed by atoms with E-state index in [4.69, 9.17) is 0 Å². The van der Waals surface area contributed by atoms with E-state index in [2.05, 4.69) is 5.32 Å². The zero-order valence-corrected chi connectivity index (χ0v) is 11.2. The number of aliphatic hydroxyl groups excluding tert-OH is 1. The number of hydrogen-bond donors (Lipinski definition) is 2. The van der Waals surface area contributed by atoms with E-state index >= 15 is 0 Å². The van der Waals surface area contributed by atoms with Gasteiger partial charge in [-0.25, -0.2) is 0 Å². The molecule has 1 saturated carbocycles. The van der Waals surface area contributed by atoms with Gasteiger partial charge in [0.05, 0.1) is 6.10 Å². The quantitative estimate of drug-likeness (QED) is 0.737. The van der Waals surface area contributed by atoms with Crippen LogP contribution >= 0.6 is 0 Å². The van der Waals surface area contributed by atoms with Crippen LogP contribution < -0.4 is 5.32 Å². The van der Waals surface area contributed by atoms with Crippen LogP contribution in [0.4, 0.5) is 0 Å². The summed E-state index contributed by atoms with van der Waals surface area (Å²) in [4.78, 5) is 0. The van der Waals surface area contributed by atoms with Crippen LogP contribution in [0.15, 0.2) is 0 Å². The van der Waals surface area contributed by atoms with Gasteiger partial charge in [0.1, 0.15) is 0 Å². The number of nitrogens with one attached hydrogen (secondary N) is 1. The van der Waals surface area contributed by atoms with Crippen molar-refractivity contribution in [3.63, 3.8) is 0 Å². The average molecular weight is 239 g/mol. The van der Waals surface area contributed by atoms with Crippen molar-refractivity contribution >= 4 is 0 Å². The van der Waals surface area contributed by atoms with Crippen molar-refractivity contribution in [2.45, 2.75) is 70.3 Å². The highest BCUT2D eigenvalue weighted by Crippen LogP contribution is 2.32. The average Bonchev–Trinajstić information content (AvgIpc) is 2.38. The molecule has 2 fully saturated rings. The van der Waals surface area contributed by atoms with E-state index in [1.54, 1.807) is 0 Å². The van der Waals surface area contributed by atoms with Crippen LogP contribution in [0.3, 0.4) is 0 Å². The van der Waals surface area contributed by atoms with Crippen LogP contribution in [0.5, 0.6) is 0 Å². The fourth-order valence-electron chi connectivity index (χ4n) is 3.65. The topological polar surface area (TPSA) is 32.3 Å². The molecule has 0 bridgehead atoms. The summed E-state index contributed by atoms with van der Waals surface area (Å²) in [5.41, 5.74) is 0. The molecular formula is C15H29NO. The normalized spacial score (nSPS) is 34.4. The van der Waals surface area contributed by atoms with Crippen LogP contribution in [-0.4, -0.2) is 24.3 Å². The van der Waals surface area contributed by atoms with Gasteiger partial charge in [0.25, 0.3) is 0 Å². The van der Waals surface area contributed by atoms with Crippen molar-refractivity contribution in [1.29, 1.82) is 0 Å². The minimum absolute atomic E-state index is 0.00886. The molecule has 1 aliphatic heterocycles. The molecule has 0 aromatic carbocycles. The number of hydrogen-bond acceptors (Lipinski definition) is 2. The third-order valence-electron chi connectivity index (χ3n) is 4.78. The molecule has 0 atom stereocenters. The van der Waals surface area contributed by atoms with Crippen molar-refractivity contribution < 1.29 is 5.11 Å². The molecule has 2 rings (SSSR count). The lowest BCUT2D eigenvalue weighted by molar-refractivity contribution is 0.137. The first-order valence-electron chi connectivity index (χ1n) is 7.75. The van der Waals surface area contributed by atoms with Crippen LogP contribution in [0.2, 0.25) is 0 Å². The Labute approximate surface area is 106 Å². The second kappa shape index (κ2) is 7.38. The molecule has 0 amide bonds. The van der Waals surface area contributed by atoms with Gasteiger partial charge in [-0.05, 0) is 50.6 Å². The van der Waals surface area contributed by atoms with Crippen LogP contribution in [0, 0.1) is 11.8 Å². The van der Waals surface area contributed by atoms with Gasteiger partial charge in [-0.15, -0.1) is 0 Å². The fraction of sp³-hybridized carbons (Fsp3) is 1.00. The molecule has 0 aromatic heterocycles. The smallest absolute Gasteiger partial charge is 0.0540 e. The van der Waals surface area contributed by atoms with E-state index in [1.165, 1.54) is 64.5 Å². The first kappa shape index (κ1) is 13.4. The number of aliphatic hydroxyl groups is 1. The maximum absolute atomic E-state index is 9.74. The summed E-state index contributed by atoms with van der Waals surface area (Å²) in [5, 5.41) is 13.2. The molecular weight excluding hydrogens is 210 g/mol. The Morgan fingerprint density at radius 3 is 1.71 bits per heavy atom. The molecule has 17 heavy (non-hydrogen) atoms. The zero-order chi connectivity index (χ0) is 11.9. The van der Waals surface area contributed by atoms with Crippen molar-refractivity contribution in [3.8, 4) is 0 Å². The molecule has 2 aliphatic rings. The van der Waals surface area contributed by atoms with Crippen molar-refractivity contribution in [3.05, 3.63) is 0 Å². The predicted molar refractivity (Wildman–Crippen MR) is 72.0 cm³/mol. The van der Waals surface area contributed by atoms with E-state index in [9.17, 15) is 5.11 Å². The second-order valence-corrected chi connectivity index (χ2v) is 6.07. The Bertz CT molecular complexity index is 189. The van der Waals surface area contributed by atoms with Crippen molar-refractivity contribution in [1.82, 2.24) is 5.32 Å². The summed E-state index contributed by atoms with van der Waals surface area (Å²) in [6, 6.07) is 0. The first-order chi connectivity index (χ1) is 8.36. The molecule has 100 valence electrons. The third-order valence-corrected chi connectivity index (χ3v) is 4.78. The lowest BCUT2D eigenvalue weighted by Gasteiger charge is -2.31. The first-order valence-corrected chi connectivity index (χ1v) is 7.75. The van der Waals surface area contributed by atoms with Gasteiger partial charge in [-0.1, -0.05) is 38.5 Å². The van der Waals surface area contributed by atoms with Gasteiger partial charge in [0.2, 0.25) is 0 Å². The molecule has 1 saturated heterocycles. The maximum atomic E-state index is 9.74. The Morgan fingerprint density at radius 2 is 1.12 bits per heavy atom. The SMILES string of the molecule is OC1CCCCC(C2CCNCC2)CCCC1. The zero-order valence-electron chi connectivity index (χ0n) is 11.2. The summed E-state index contributed by atoms with van der Waals surface area (Å²) in [6.45, 7) is 2.47. The molecule has 0 radical (unpaired) electrons. The third kappa shape index (κ3) is 4.59. The largest absolute Gasteiger partial charge is 0.393 e. The van der Waals surface area contributed by atoms with E-state index in [1.807, 2.05) is 0 Å². The van der Waals surface area contributed by atoms with Crippen molar-refractivity contribution in [2.75, 3.05) is 13.1 Å². The van der Waals surface area contributed by atoms with Gasteiger partial charge in [-0.3, -0.25) is 0 Å². The van der Waals surface area contributed by atoms with E-state index in [0.29, 0.717) is 0 Å². The molecule has 1 aliphatic carbocycles. The summed E-state index contributed by atoms with van der Waals surface area (Å²) in [5.74, 6) is 1.97. The van der Waals surface area contributed by atoms with Crippen LogP contribution in [-0.2, 0) is 0 Å². The highest BCUT2D eigenvalue weighted by atomic mass is 16.3. The Kier molecular flexibility index (Phi) is 5.79. The minimum atomic E-state index is -0.00886. The molecule has 0 aromatic rings. The van der Waals surface area contributed by atoms with Gasteiger partial charge in [-0.2, -0.15) is 0 Å². The summed E-state index contributed by atoms with van der Waals surface area (Å²) >= 11 is 0. The molecule has 0 unspecified atom stereocenters. The maximum Gasteiger partial charge on any atom is 0.0540 e. The second-order valence-electron chi connectivity index (χ2n) is 6.07. The van der Waals surface area contributed by atoms with E-state index in [-0.39, 0.29) is 6.10 Å². The highest BCUT2D eigenvalue weighted by molar-refractivity contribution is 4.77. The summed E-state index contributed by atoms with van der Waals surface area (Å²) in [6.07, 6.45) is 12.8. The van der Waals surface area contributed by atoms with Crippen LogP contribution in [0.1, 0.15) is 64.2 Å². The Balaban J connectivity index is 1.79. The van der Waals surface area contributed by atoms with E-state index in [0.717, 1.165) is 24.7 Å². The monoisotopic (exact) mass is 239 g/mol. The van der Waals surface area contributed by atoms with Gasteiger partial charge >= 0.3 is 0 Å². The fourth-order valence-corrected chi connectivity index (χ4v) is 3.65. The molecule has 0 spiro atoms. The van der Waals surface area contributed by atoms with Gasteiger partial charge in [0.15, 0.2) is 0 Å². The van der Waals surface area contributed by atoms with Gasteiger partial charge in [0, 0.05) is 0 Å². The number of rotatable bonds is 1. The lowest BCUT2D eigenvalue weighted by atomic mass is 9.78. The lowest BCUT2D eigenvalue weighted by Crippen LogP contribution is -2.31. The van der Waals surface area contributed by atoms with Crippen LogP contribution in [0.25, 0.3) is 0 Å². The molecule has 2 N–H and O–H groups in total. The summed E-state index contributed by atoms with van der Waals surface area (Å²) < 4.78 is 0. The number of piperidine rings is 1. The van der Waals surface area contributed by atoms with Gasteiger partial charge < -0.3 is 10.4 Å². The summed E-state index contributed by atoms with van der Waals surface area (Å²) in [7, 11) is 0.